The smallest absolute Gasteiger partial charge is 0.319 e. The van der Waals surface area contributed by atoms with E-state index in [4.69, 9.17) is 21.1 Å². The first-order valence-electron chi connectivity index (χ1n) is 11.0. The molecule has 0 unspecified atom stereocenters. The van der Waals surface area contributed by atoms with Crippen LogP contribution in [0.25, 0.3) is 10.8 Å². The first kappa shape index (κ1) is 24.6. The van der Waals surface area contributed by atoms with Crippen molar-refractivity contribution in [3.63, 3.8) is 0 Å². The van der Waals surface area contributed by atoms with Crippen molar-refractivity contribution in [3.05, 3.63) is 87.4 Å². The van der Waals surface area contributed by atoms with E-state index in [1.807, 2.05) is 43.3 Å². The molecule has 1 heterocycles. The molecule has 4 rings (SSSR count). The summed E-state index contributed by atoms with van der Waals surface area (Å²) in [5.41, 5.74) is 1.89. The van der Waals surface area contributed by atoms with Crippen LogP contribution in [0.3, 0.4) is 0 Å². The Morgan fingerprint density at radius 2 is 1.91 bits per heavy atom. The summed E-state index contributed by atoms with van der Waals surface area (Å²) >= 11 is 7.74. The van der Waals surface area contributed by atoms with Crippen molar-refractivity contribution in [2.24, 2.45) is 5.92 Å². The van der Waals surface area contributed by atoms with Gasteiger partial charge in [0, 0.05) is 11.7 Å². The van der Waals surface area contributed by atoms with Crippen molar-refractivity contribution < 1.29 is 19.1 Å². The zero-order valence-electron chi connectivity index (χ0n) is 19.2. The topological polar surface area (TPSA) is 88.4 Å². The van der Waals surface area contributed by atoms with Gasteiger partial charge in [-0.05, 0) is 41.0 Å². The standard InChI is InChI=1S/C27H23ClN2O4S/c1-3-34-22-11-10-19(13-21(22)28)23-20(14-29)26(30-25(31)24(23)27(32)33-2)35-15-16-8-9-17-6-4-5-7-18(17)12-16/h4-13,23-24H,3,15H2,1-2H3,(H,30,31)/t23-,24+/m0/s1. The van der Waals surface area contributed by atoms with Crippen LogP contribution in [-0.2, 0) is 20.1 Å². The molecule has 0 bridgehead atoms. The highest BCUT2D eigenvalue weighted by Gasteiger charge is 2.44. The van der Waals surface area contributed by atoms with Crippen molar-refractivity contribution in [2.45, 2.75) is 18.6 Å². The summed E-state index contributed by atoms with van der Waals surface area (Å²) in [6.07, 6.45) is 0. The Labute approximate surface area is 212 Å². The number of amides is 1. The zero-order chi connectivity index (χ0) is 24.9. The van der Waals surface area contributed by atoms with Gasteiger partial charge in [0.05, 0.1) is 35.4 Å². The van der Waals surface area contributed by atoms with Gasteiger partial charge >= 0.3 is 5.97 Å². The summed E-state index contributed by atoms with van der Waals surface area (Å²) < 4.78 is 10.4. The SMILES string of the molecule is CCOc1ccc([C@H]2C(C#N)=C(SCc3ccc4ccccc4c3)NC(=O)[C@@H]2C(=O)OC)cc1Cl. The Kier molecular flexibility index (Phi) is 7.64. The maximum absolute atomic E-state index is 13.1. The fourth-order valence-electron chi connectivity index (χ4n) is 4.15. The lowest BCUT2D eigenvalue weighted by molar-refractivity contribution is -0.150. The Balaban J connectivity index is 1.71. The summed E-state index contributed by atoms with van der Waals surface area (Å²) in [5, 5.41) is 15.9. The number of fused-ring (bicyclic) bond motifs is 1. The molecular weight excluding hydrogens is 484 g/mol. The molecule has 3 aromatic carbocycles. The molecule has 178 valence electrons. The number of nitrogens with one attached hydrogen (secondary N) is 1. The monoisotopic (exact) mass is 506 g/mol. The summed E-state index contributed by atoms with van der Waals surface area (Å²) in [4.78, 5) is 25.7. The third kappa shape index (κ3) is 5.14. The quantitative estimate of drug-likeness (QED) is 0.333. The maximum Gasteiger partial charge on any atom is 0.319 e. The summed E-state index contributed by atoms with van der Waals surface area (Å²) in [7, 11) is 1.22. The number of rotatable bonds is 7. The maximum atomic E-state index is 13.1. The van der Waals surface area contributed by atoms with E-state index in [1.54, 1.807) is 18.2 Å². The van der Waals surface area contributed by atoms with Gasteiger partial charge in [-0.3, -0.25) is 9.59 Å². The molecule has 1 aliphatic heterocycles. The van der Waals surface area contributed by atoms with Crippen LogP contribution in [0.5, 0.6) is 5.75 Å². The van der Waals surface area contributed by atoms with Crippen LogP contribution >= 0.6 is 23.4 Å². The molecule has 8 heteroatoms. The normalized spacial score (nSPS) is 17.6. The molecule has 0 fully saturated rings. The van der Waals surface area contributed by atoms with Crippen LogP contribution in [0, 0.1) is 17.2 Å². The number of esters is 1. The van der Waals surface area contributed by atoms with Crippen molar-refractivity contribution in [1.29, 1.82) is 5.26 Å². The number of methoxy groups -OCH3 is 1. The Hall–Kier alpha value is -3.47. The molecule has 1 amide bonds. The van der Waals surface area contributed by atoms with Gasteiger partial charge in [-0.1, -0.05) is 60.1 Å². The molecule has 0 aromatic heterocycles. The van der Waals surface area contributed by atoms with Gasteiger partial charge in [-0.15, -0.1) is 11.8 Å². The number of benzene rings is 3. The Morgan fingerprint density at radius 3 is 2.60 bits per heavy atom. The van der Waals surface area contributed by atoms with E-state index in [2.05, 4.69) is 17.5 Å². The lowest BCUT2D eigenvalue weighted by Gasteiger charge is -2.31. The predicted octanol–water partition coefficient (Wildman–Crippen LogP) is 5.56. The fraction of sp³-hybridized carbons (Fsp3) is 0.222. The Morgan fingerprint density at radius 1 is 1.14 bits per heavy atom. The van der Waals surface area contributed by atoms with E-state index in [9.17, 15) is 14.9 Å². The fourth-order valence-corrected chi connectivity index (χ4v) is 5.38. The highest BCUT2D eigenvalue weighted by molar-refractivity contribution is 8.02. The number of carbonyl (C=O) groups excluding carboxylic acids is 2. The number of nitriles is 1. The first-order valence-corrected chi connectivity index (χ1v) is 12.4. The number of hydrogen-bond donors (Lipinski definition) is 1. The van der Waals surface area contributed by atoms with E-state index in [0.717, 1.165) is 16.3 Å². The predicted molar refractivity (Wildman–Crippen MR) is 137 cm³/mol. The molecule has 6 nitrogen and oxygen atoms in total. The van der Waals surface area contributed by atoms with E-state index >= 15 is 0 Å². The van der Waals surface area contributed by atoms with Gasteiger partial charge in [0.15, 0.2) is 0 Å². The van der Waals surface area contributed by atoms with Gasteiger partial charge in [0.25, 0.3) is 0 Å². The number of halogens is 1. The largest absolute Gasteiger partial charge is 0.492 e. The van der Waals surface area contributed by atoms with Crippen LogP contribution in [0.2, 0.25) is 5.02 Å². The average molecular weight is 507 g/mol. The highest BCUT2D eigenvalue weighted by atomic mass is 35.5. The number of allylic oxidation sites excluding steroid dienone is 1. The number of ether oxygens (including phenoxy) is 2. The molecule has 3 aromatic rings. The second kappa shape index (κ2) is 10.9. The van der Waals surface area contributed by atoms with Crippen molar-refractivity contribution >= 4 is 46.0 Å². The third-order valence-electron chi connectivity index (χ3n) is 5.80. The highest BCUT2D eigenvalue weighted by Crippen LogP contribution is 2.42. The second-order valence-corrected chi connectivity index (χ2v) is 9.31. The minimum Gasteiger partial charge on any atom is -0.492 e. The van der Waals surface area contributed by atoms with Crippen molar-refractivity contribution in [1.82, 2.24) is 5.32 Å². The van der Waals surface area contributed by atoms with Gasteiger partial charge in [-0.2, -0.15) is 5.26 Å². The van der Waals surface area contributed by atoms with Crippen molar-refractivity contribution in [3.8, 4) is 11.8 Å². The second-order valence-electron chi connectivity index (χ2n) is 7.92. The van der Waals surface area contributed by atoms with E-state index in [1.165, 1.54) is 18.9 Å². The number of carbonyl (C=O) groups is 2. The van der Waals surface area contributed by atoms with Crippen LogP contribution in [0.1, 0.15) is 24.0 Å². The molecule has 0 radical (unpaired) electrons. The van der Waals surface area contributed by atoms with E-state index < -0.39 is 23.7 Å². The van der Waals surface area contributed by atoms with Gasteiger partial charge in [-0.25, -0.2) is 0 Å². The van der Waals surface area contributed by atoms with Gasteiger partial charge in [0.2, 0.25) is 5.91 Å². The number of nitrogens with zero attached hydrogens (tertiary/aromatic N) is 1. The molecule has 35 heavy (non-hydrogen) atoms. The molecular formula is C27H23ClN2O4S. The summed E-state index contributed by atoms with van der Waals surface area (Å²) in [6.45, 7) is 2.28. The third-order valence-corrected chi connectivity index (χ3v) is 7.18. The summed E-state index contributed by atoms with van der Waals surface area (Å²) in [6, 6.07) is 21.5. The number of thioether (sulfide) groups is 1. The van der Waals surface area contributed by atoms with Gasteiger partial charge < -0.3 is 14.8 Å². The molecule has 0 saturated heterocycles. The molecule has 0 spiro atoms. The number of hydrogen-bond acceptors (Lipinski definition) is 6. The molecule has 0 saturated carbocycles. The first-order chi connectivity index (χ1) is 17.0. The molecule has 1 N–H and O–H groups in total. The minimum atomic E-state index is -1.21. The van der Waals surface area contributed by atoms with Crippen LogP contribution in [0.4, 0.5) is 0 Å². The minimum absolute atomic E-state index is 0.283. The lowest BCUT2D eigenvalue weighted by Crippen LogP contribution is -2.44. The van der Waals surface area contributed by atoms with Crippen LogP contribution in [-0.4, -0.2) is 25.6 Å². The summed E-state index contributed by atoms with van der Waals surface area (Å²) in [5.74, 6) is -2.27. The zero-order valence-corrected chi connectivity index (χ0v) is 20.8. The Bertz CT molecular complexity index is 1360. The van der Waals surface area contributed by atoms with E-state index in [0.29, 0.717) is 33.7 Å². The van der Waals surface area contributed by atoms with Crippen LogP contribution in [0.15, 0.2) is 71.3 Å². The molecule has 2 atom stereocenters. The van der Waals surface area contributed by atoms with Crippen molar-refractivity contribution in [2.75, 3.05) is 13.7 Å². The average Bonchev–Trinajstić information content (AvgIpc) is 2.87. The molecule has 0 aliphatic carbocycles. The molecule has 1 aliphatic rings. The van der Waals surface area contributed by atoms with Gasteiger partial charge in [0.1, 0.15) is 11.7 Å². The van der Waals surface area contributed by atoms with Crippen LogP contribution < -0.4 is 10.1 Å². The lowest BCUT2D eigenvalue weighted by atomic mass is 9.78. The van der Waals surface area contributed by atoms with E-state index in [-0.39, 0.29) is 5.57 Å².